The molecule has 1 aromatic heterocycles. The lowest BCUT2D eigenvalue weighted by Crippen LogP contribution is -1.92. The lowest BCUT2D eigenvalue weighted by molar-refractivity contribution is 0.478. The predicted octanol–water partition coefficient (Wildman–Crippen LogP) is 2.87. The first-order valence-corrected chi connectivity index (χ1v) is 5.57. The molecule has 0 fully saturated rings. The second kappa shape index (κ2) is 4.17. The molecule has 0 amide bonds. The monoisotopic (exact) mass is 281 g/mol. The lowest BCUT2D eigenvalue weighted by Gasteiger charge is -2.08. The fourth-order valence-electron chi connectivity index (χ4n) is 1.33. The van der Waals surface area contributed by atoms with E-state index in [9.17, 15) is 0 Å². The van der Waals surface area contributed by atoms with Gasteiger partial charge < -0.3 is 10.5 Å². The fourth-order valence-corrected chi connectivity index (χ4v) is 1.77. The molecule has 16 heavy (non-hydrogen) atoms. The van der Waals surface area contributed by atoms with Crippen molar-refractivity contribution in [3.63, 3.8) is 0 Å². The third kappa shape index (κ3) is 2.19. The second-order valence-electron chi connectivity index (χ2n) is 3.59. The van der Waals surface area contributed by atoms with Crippen molar-refractivity contribution < 1.29 is 4.74 Å². The maximum atomic E-state index is 5.79. The summed E-state index contributed by atoms with van der Waals surface area (Å²) in [6, 6.07) is 3.73. The van der Waals surface area contributed by atoms with Crippen molar-refractivity contribution in [3.05, 3.63) is 34.6 Å². The summed E-state index contributed by atoms with van der Waals surface area (Å²) in [6.45, 7) is 1.94. The Morgan fingerprint density at radius 3 is 2.81 bits per heavy atom. The molecule has 0 bridgehead atoms. The first-order chi connectivity index (χ1) is 7.56. The number of nitrogens with zero attached hydrogens (tertiary/aromatic N) is 2. The summed E-state index contributed by atoms with van der Waals surface area (Å²) in [5.74, 6) is 1.44. The minimum atomic E-state index is 0.701. The molecule has 1 heterocycles. The largest absolute Gasteiger partial charge is 0.453 e. The molecular weight excluding hydrogens is 270 g/mol. The van der Waals surface area contributed by atoms with E-state index < -0.39 is 0 Å². The van der Waals surface area contributed by atoms with Crippen LogP contribution < -0.4 is 10.5 Å². The highest BCUT2D eigenvalue weighted by molar-refractivity contribution is 9.10. The van der Waals surface area contributed by atoms with Gasteiger partial charge in [0.15, 0.2) is 5.75 Å². The van der Waals surface area contributed by atoms with Gasteiger partial charge in [0.05, 0.1) is 16.9 Å². The smallest absolute Gasteiger partial charge is 0.165 e. The molecule has 1 aromatic carbocycles. The van der Waals surface area contributed by atoms with E-state index in [2.05, 4.69) is 21.0 Å². The number of hydrogen-bond acceptors (Lipinski definition) is 3. The highest BCUT2D eigenvalue weighted by atomic mass is 79.9. The van der Waals surface area contributed by atoms with Crippen LogP contribution >= 0.6 is 15.9 Å². The standard InChI is InChI=1S/C11H12BrN3O/c1-7-3-11(9(12)4-10(7)13)16-8-5-14-15(2)6-8/h3-6H,13H2,1-2H3. The number of ether oxygens (including phenoxy) is 1. The highest BCUT2D eigenvalue weighted by Gasteiger charge is 2.06. The Labute approximate surface area is 102 Å². The topological polar surface area (TPSA) is 53.1 Å². The fraction of sp³-hybridized carbons (Fsp3) is 0.182. The van der Waals surface area contributed by atoms with Crippen LogP contribution in [0, 0.1) is 6.92 Å². The number of rotatable bonds is 2. The average molecular weight is 282 g/mol. The van der Waals surface area contributed by atoms with Crippen molar-refractivity contribution in [3.8, 4) is 11.5 Å². The number of nitrogen functional groups attached to an aromatic ring is 1. The van der Waals surface area contributed by atoms with E-state index in [0.717, 1.165) is 21.5 Å². The summed E-state index contributed by atoms with van der Waals surface area (Å²) >= 11 is 3.41. The number of aryl methyl sites for hydroxylation is 2. The Bertz CT molecular complexity index is 522. The van der Waals surface area contributed by atoms with Gasteiger partial charge in [-0.1, -0.05) is 0 Å². The molecule has 0 radical (unpaired) electrons. The molecule has 84 valence electrons. The number of nitrogens with two attached hydrogens (primary N) is 1. The molecule has 2 N–H and O–H groups in total. The van der Waals surface area contributed by atoms with Gasteiger partial charge in [-0.15, -0.1) is 0 Å². The molecule has 0 unspecified atom stereocenters. The number of hydrogen-bond donors (Lipinski definition) is 1. The summed E-state index contributed by atoms with van der Waals surface area (Å²) in [5, 5.41) is 4.03. The van der Waals surface area contributed by atoms with Crippen LogP contribution in [-0.4, -0.2) is 9.78 Å². The molecule has 2 rings (SSSR count). The molecule has 4 nitrogen and oxygen atoms in total. The van der Waals surface area contributed by atoms with Crippen molar-refractivity contribution in [1.82, 2.24) is 9.78 Å². The summed E-state index contributed by atoms with van der Waals surface area (Å²) < 4.78 is 8.20. The number of benzene rings is 1. The SMILES string of the molecule is Cc1cc(Oc2cnn(C)c2)c(Br)cc1N. The molecular formula is C11H12BrN3O. The van der Waals surface area contributed by atoms with Crippen LogP contribution in [0.2, 0.25) is 0 Å². The first kappa shape index (κ1) is 11.0. The average Bonchev–Trinajstić information content (AvgIpc) is 2.60. The summed E-state index contributed by atoms with van der Waals surface area (Å²) in [4.78, 5) is 0. The Kier molecular flexibility index (Phi) is 2.87. The van der Waals surface area contributed by atoms with Gasteiger partial charge in [-0.05, 0) is 40.5 Å². The maximum Gasteiger partial charge on any atom is 0.165 e. The van der Waals surface area contributed by atoms with Gasteiger partial charge >= 0.3 is 0 Å². The van der Waals surface area contributed by atoms with E-state index in [4.69, 9.17) is 10.5 Å². The van der Waals surface area contributed by atoms with Gasteiger partial charge in [0.1, 0.15) is 5.75 Å². The van der Waals surface area contributed by atoms with Crippen LogP contribution in [0.15, 0.2) is 29.0 Å². The normalized spacial score (nSPS) is 10.4. The van der Waals surface area contributed by atoms with Gasteiger partial charge in [-0.2, -0.15) is 5.10 Å². The number of anilines is 1. The van der Waals surface area contributed by atoms with Crippen LogP contribution in [0.4, 0.5) is 5.69 Å². The highest BCUT2D eigenvalue weighted by Crippen LogP contribution is 2.32. The Morgan fingerprint density at radius 2 is 2.19 bits per heavy atom. The van der Waals surface area contributed by atoms with Gasteiger partial charge in [0.25, 0.3) is 0 Å². The van der Waals surface area contributed by atoms with Gasteiger partial charge in [0, 0.05) is 12.7 Å². The summed E-state index contributed by atoms with van der Waals surface area (Å²) in [5.41, 5.74) is 7.51. The van der Waals surface area contributed by atoms with Crippen molar-refractivity contribution in [2.75, 3.05) is 5.73 Å². The van der Waals surface area contributed by atoms with E-state index in [1.54, 1.807) is 17.1 Å². The summed E-state index contributed by atoms with van der Waals surface area (Å²) in [6.07, 6.45) is 3.47. The van der Waals surface area contributed by atoms with E-state index in [-0.39, 0.29) is 0 Å². The van der Waals surface area contributed by atoms with Crippen molar-refractivity contribution in [2.24, 2.45) is 7.05 Å². The minimum Gasteiger partial charge on any atom is -0.453 e. The molecule has 0 aliphatic heterocycles. The molecule has 5 heteroatoms. The third-order valence-electron chi connectivity index (χ3n) is 2.23. The molecule has 0 saturated carbocycles. The van der Waals surface area contributed by atoms with E-state index in [1.165, 1.54) is 0 Å². The van der Waals surface area contributed by atoms with Crippen molar-refractivity contribution in [2.45, 2.75) is 6.92 Å². The van der Waals surface area contributed by atoms with Crippen LogP contribution in [0.25, 0.3) is 0 Å². The Morgan fingerprint density at radius 1 is 1.44 bits per heavy atom. The predicted molar refractivity (Wildman–Crippen MR) is 66.6 cm³/mol. The first-order valence-electron chi connectivity index (χ1n) is 4.78. The summed E-state index contributed by atoms with van der Waals surface area (Å²) in [7, 11) is 1.84. The molecule has 0 aliphatic carbocycles. The van der Waals surface area contributed by atoms with Crippen LogP contribution in [0.1, 0.15) is 5.56 Å². The zero-order valence-electron chi connectivity index (χ0n) is 9.07. The maximum absolute atomic E-state index is 5.79. The zero-order chi connectivity index (χ0) is 11.7. The Balaban J connectivity index is 2.31. The molecule has 2 aromatic rings. The second-order valence-corrected chi connectivity index (χ2v) is 4.45. The Hall–Kier alpha value is -1.49. The van der Waals surface area contributed by atoms with Gasteiger partial charge in [-0.25, -0.2) is 0 Å². The third-order valence-corrected chi connectivity index (χ3v) is 2.85. The number of halogens is 1. The number of aromatic nitrogens is 2. The molecule has 0 saturated heterocycles. The quantitative estimate of drug-likeness (QED) is 0.862. The van der Waals surface area contributed by atoms with Crippen LogP contribution in [0.5, 0.6) is 11.5 Å². The van der Waals surface area contributed by atoms with Gasteiger partial charge in [-0.3, -0.25) is 4.68 Å². The van der Waals surface area contributed by atoms with Crippen molar-refractivity contribution >= 4 is 21.6 Å². The lowest BCUT2D eigenvalue weighted by atomic mass is 10.2. The molecule has 0 spiro atoms. The molecule has 0 atom stereocenters. The van der Waals surface area contributed by atoms with Crippen LogP contribution in [-0.2, 0) is 7.05 Å². The van der Waals surface area contributed by atoms with Crippen molar-refractivity contribution in [1.29, 1.82) is 0 Å². The zero-order valence-corrected chi connectivity index (χ0v) is 10.7. The van der Waals surface area contributed by atoms with E-state index >= 15 is 0 Å². The van der Waals surface area contributed by atoms with E-state index in [0.29, 0.717) is 5.75 Å². The molecule has 0 aliphatic rings. The van der Waals surface area contributed by atoms with Crippen LogP contribution in [0.3, 0.4) is 0 Å². The van der Waals surface area contributed by atoms with E-state index in [1.807, 2.05) is 26.1 Å². The van der Waals surface area contributed by atoms with Gasteiger partial charge in [0.2, 0.25) is 0 Å². The minimum absolute atomic E-state index is 0.701.